The molecule has 1 aliphatic heterocycles. The van der Waals surface area contributed by atoms with E-state index >= 15 is 0 Å². The molecule has 0 aliphatic carbocycles. The van der Waals surface area contributed by atoms with Crippen LogP contribution < -0.4 is 5.32 Å². The molecule has 116 valence electrons. The van der Waals surface area contributed by atoms with Crippen LogP contribution in [0.25, 0.3) is 11.4 Å². The first kappa shape index (κ1) is 14.6. The number of nitrogens with one attached hydrogen (secondary N) is 1. The van der Waals surface area contributed by atoms with E-state index < -0.39 is 0 Å². The van der Waals surface area contributed by atoms with E-state index in [1.807, 2.05) is 17.0 Å². The molecule has 2 aromatic rings. The third-order valence-corrected chi connectivity index (χ3v) is 3.78. The third-order valence-electron chi connectivity index (χ3n) is 3.78. The maximum absolute atomic E-state index is 12.3. The van der Waals surface area contributed by atoms with Crippen LogP contribution in [0.2, 0.25) is 0 Å². The summed E-state index contributed by atoms with van der Waals surface area (Å²) in [6.07, 6.45) is 4.22. The zero-order valence-corrected chi connectivity index (χ0v) is 12.5. The van der Waals surface area contributed by atoms with Gasteiger partial charge in [-0.2, -0.15) is 4.98 Å². The van der Waals surface area contributed by atoms with Gasteiger partial charge in [0, 0.05) is 56.5 Å². The molecule has 1 aliphatic rings. The molecular weight excluding hydrogens is 282 g/mol. The minimum absolute atomic E-state index is 0.137. The molecule has 0 aromatic carbocycles. The lowest BCUT2D eigenvalue weighted by Crippen LogP contribution is -2.52. The van der Waals surface area contributed by atoms with Crippen molar-refractivity contribution in [1.82, 2.24) is 25.3 Å². The van der Waals surface area contributed by atoms with Gasteiger partial charge in [0.2, 0.25) is 17.6 Å². The van der Waals surface area contributed by atoms with Crippen LogP contribution in [0.3, 0.4) is 0 Å². The summed E-state index contributed by atoms with van der Waals surface area (Å²) < 4.78 is 5.22. The topological polar surface area (TPSA) is 84.2 Å². The van der Waals surface area contributed by atoms with E-state index in [1.54, 1.807) is 12.4 Å². The molecule has 1 N–H and O–H groups in total. The fourth-order valence-electron chi connectivity index (χ4n) is 2.54. The first-order valence-corrected chi connectivity index (χ1v) is 7.47. The molecule has 3 heterocycles. The maximum atomic E-state index is 12.3. The average Bonchev–Trinajstić information content (AvgIpc) is 3.03. The second-order valence-electron chi connectivity index (χ2n) is 5.39. The van der Waals surface area contributed by atoms with E-state index in [0.717, 1.165) is 25.2 Å². The van der Waals surface area contributed by atoms with Gasteiger partial charge < -0.3 is 14.7 Å². The smallest absolute Gasteiger partial charge is 0.227 e. The van der Waals surface area contributed by atoms with Crippen molar-refractivity contribution in [2.45, 2.75) is 25.8 Å². The van der Waals surface area contributed by atoms with Crippen LogP contribution in [0.5, 0.6) is 0 Å². The number of piperazine rings is 1. The Kier molecular flexibility index (Phi) is 4.43. The fourth-order valence-corrected chi connectivity index (χ4v) is 2.54. The maximum Gasteiger partial charge on any atom is 0.227 e. The predicted octanol–water partition coefficient (Wildman–Crippen LogP) is 0.884. The molecule has 3 rings (SSSR count). The SMILES string of the molecule is C[C@H]1CNCCN1C(=O)CCc1nc(-c2ccncc2)no1. The summed E-state index contributed by atoms with van der Waals surface area (Å²) in [4.78, 5) is 22.5. The number of carbonyl (C=O) groups excluding carboxylic acids is 1. The van der Waals surface area contributed by atoms with E-state index in [4.69, 9.17) is 4.52 Å². The fraction of sp³-hybridized carbons (Fsp3) is 0.467. The Bertz CT molecular complexity index is 628. The summed E-state index contributed by atoms with van der Waals surface area (Å²) in [5.41, 5.74) is 0.854. The van der Waals surface area contributed by atoms with E-state index in [1.165, 1.54) is 0 Å². The molecule has 0 bridgehead atoms. The van der Waals surface area contributed by atoms with Crippen LogP contribution in [0.4, 0.5) is 0 Å². The number of carbonyl (C=O) groups is 1. The first-order valence-electron chi connectivity index (χ1n) is 7.47. The number of aryl methyl sites for hydroxylation is 1. The third kappa shape index (κ3) is 3.30. The summed E-state index contributed by atoms with van der Waals surface area (Å²) >= 11 is 0. The van der Waals surface area contributed by atoms with Crippen LogP contribution in [-0.4, -0.2) is 51.6 Å². The molecule has 7 heteroatoms. The highest BCUT2D eigenvalue weighted by molar-refractivity contribution is 5.76. The molecule has 1 fully saturated rings. The summed E-state index contributed by atoms with van der Waals surface area (Å²) in [7, 11) is 0. The van der Waals surface area contributed by atoms with Gasteiger partial charge >= 0.3 is 0 Å². The molecule has 0 spiro atoms. The largest absolute Gasteiger partial charge is 0.339 e. The van der Waals surface area contributed by atoms with Crippen LogP contribution in [0.15, 0.2) is 29.0 Å². The van der Waals surface area contributed by atoms with Crippen LogP contribution >= 0.6 is 0 Å². The summed E-state index contributed by atoms with van der Waals surface area (Å²) in [5, 5.41) is 7.22. The van der Waals surface area contributed by atoms with Crippen LogP contribution in [0, 0.1) is 0 Å². The number of aromatic nitrogens is 3. The second-order valence-corrected chi connectivity index (χ2v) is 5.39. The van der Waals surface area contributed by atoms with Gasteiger partial charge in [0.1, 0.15) is 0 Å². The minimum atomic E-state index is 0.137. The monoisotopic (exact) mass is 301 g/mol. The Hall–Kier alpha value is -2.28. The van der Waals surface area contributed by atoms with Crippen molar-refractivity contribution in [3.05, 3.63) is 30.4 Å². The molecule has 0 unspecified atom stereocenters. The first-order chi connectivity index (χ1) is 10.7. The van der Waals surface area contributed by atoms with Gasteiger partial charge in [-0.1, -0.05) is 5.16 Å². The van der Waals surface area contributed by atoms with Crippen molar-refractivity contribution < 1.29 is 9.32 Å². The number of hydrogen-bond donors (Lipinski definition) is 1. The van der Waals surface area contributed by atoms with E-state index in [2.05, 4.69) is 27.4 Å². The Morgan fingerprint density at radius 3 is 3.05 bits per heavy atom. The molecular formula is C15H19N5O2. The quantitative estimate of drug-likeness (QED) is 0.902. The van der Waals surface area contributed by atoms with Gasteiger partial charge in [0.25, 0.3) is 0 Å². The molecule has 1 saturated heterocycles. The molecule has 2 aromatic heterocycles. The van der Waals surface area contributed by atoms with Gasteiger partial charge in [0.05, 0.1) is 0 Å². The molecule has 1 amide bonds. The molecule has 0 radical (unpaired) electrons. The molecule has 1 atom stereocenters. The van der Waals surface area contributed by atoms with Crippen LogP contribution in [-0.2, 0) is 11.2 Å². The number of hydrogen-bond acceptors (Lipinski definition) is 6. The second kappa shape index (κ2) is 6.65. The Balaban J connectivity index is 1.58. The highest BCUT2D eigenvalue weighted by Crippen LogP contribution is 2.15. The van der Waals surface area contributed by atoms with Gasteiger partial charge in [-0.05, 0) is 19.1 Å². The summed E-state index contributed by atoms with van der Waals surface area (Å²) in [6.45, 7) is 4.51. The summed E-state index contributed by atoms with van der Waals surface area (Å²) in [6, 6.07) is 3.88. The molecule has 7 nitrogen and oxygen atoms in total. The van der Waals surface area contributed by atoms with Crippen molar-refractivity contribution in [2.75, 3.05) is 19.6 Å². The summed E-state index contributed by atoms with van der Waals surface area (Å²) in [5.74, 6) is 1.15. The highest BCUT2D eigenvalue weighted by atomic mass is 16.5. The standard InChI is InChI=1S/C15H19N5O2/c1-11-10-17-8-9-20(11)14(21)3-2-13-18-15(19-22-13)12-4-6-16-7-5-12/h4-7,11,17H,2-3,8-10H2,1H3/t11-/m0/s1. The lowest BCUT2D eigenvalue weighted by atomic mass is 10.2. The Morgan fingerprint density at radius 1 is 1.45 bits per heavy atom. The average molecular weight is 301 g/mol. The van der Waals surface area contributed by atoms with Crippen molar-refractivity contribution in [3.8, 4) is 11.4 Å². The zero-order valence-electron chi connectivity index (χ0n) is 12.5. The van der Waals surface area contributed by atoms with Crippen LogP contribution in [0.1, 0.15) is 19.2 Å². The van der Waals surface area contributed by atoms with Gasteiger partial charge in [0.15, 0.2) is 0 Å². The van der Waals surface area contributed by atoms with Gasteiger partial charge in [-0.25, -0.2) is 0 Å². The van der Waals surface area contributed by atoms with Crippen molar-refractivity contribution in [1.29, 1.82) is 0 Å². The Morgan fingerprint density at radius 2 is 2.27 bits per heavy atom. The normalized spacial score (nSPS) is 18.4. The zero-order chi connectivity index (χ0) is 15.4. The van der Waals surface area contributed by atoms with Crippen molar-refractivity contribution >= 4 is 5.91 Å². The van der Waals surface area contributed by atoms with Crippen molar-refractivity contribution in [3.63, 3.8) is 0 Å². The number of rotatable bonds is 4. The van der Waals surface area contributed by atoms with E-state index in [9.17, 15) is 4.79 Å². The van der Waals surface area contributed by atoms with E-state index in [-0.39, 0.29) is 11.9 Å². The number of amides is 1. The highest BCUT2D eigenvalue weighted by Gasteiger charge is 2.23. The lowest BCUT2D eigenvalue weighted by Gasteiger charge is -2.34. The number of nitrogens with zero attached hydrogens (tertiary/aromatic N) is 4. The van der Waals surface area contributed by atoms with Crippen molar-refractivity contribution in [2.24, 2.45) is 0 Å². The number of pyridine rings is 1. The van der Waals surface area contributed by atoms with Gasteiger partial charge in [-0.3, -0.25) is 9.78 Å². The Labute approximate surface area is 128 Å². The molecule has 22 heavy (non-hydrogen) atoms. The predicted molar refractivity (Wildman–Crippen MR) is 79.9 cm³/mol. The van der Waals surface area contributed by atoms with Gasteiger partial charge in [-0.15, -0.1) is 0 Å². The lowest BCUT2D eigenvalue weighted by molar-refractivity contribution is -0.134. The van der Waals surface area contributed by atoms with E-state index in [0.29, 0.717) is 24.6 Å². The minimum Gasteiger partial charge on any atom is -0.339 e. The molecule has 0 saturated carbocycles.